The van der Waals surface area contributed by atoms with E-state index < -0.39 is 15.6 Å². The lowest BCUT2D eigenvalue weighted by Gasteiger charge is -2.29. The van der Waals surface area contributed by atoms with Crippen molar-refractivity contribution in [2.75, 3.05) is 39.8 Å². The van der Waals surface area contributed by atoms with Crippen LogP contribution in [0.3, 0.4) is 0 Å². The van der Waals surface area contributed by atoms with E-state index in [0.29, 0.717) is 37.1 Å². The third kappa shape index (κ3) is 3.73. The van der Waals surface area contributed by atoms with E-state index in [4.69, 9.17) is 4.42 Å². The molecule has 1 N–H and O–H groups in total. The Kier molecular flexibility index (Phi) is 4.89. The number of carbonyl (C=O) groups excluding carboxylic acids is 1. The average Bonchev–Trinajstić information content (AvgIpc) is 2.61. The van der Waals surface area contributed by atoms with Crippen LogP contribution in [0.5, 0.6) is 0 Å². The van der Waals surface area contributed by atoms with Crippen LogP contribution in [0, 0.1) is 0 Å². The Morgan fingerprint density at radius 3 is 2.68 bits per heavy atom. The van der Waals surface area contributed by atoms with Crippen LogP contribution < -0.4 is 10.9 Å². The first kappa shape index (κ1) is 17.6. The van der Waals surface area contributed by atoms with Gasteiger partial charge in [0.15, 0.2) is 0 Å². The highest BCUT2D eigenvalue weighted by Crippen LogP contribution is 2.20. The van der Waals surface area contributed by atoms with Gasteiger partial charge in [0.05, 0.1) is 11.4 Å². The highest BCUT2D eigenvalue weighted by atomic mass is 32.2. The lowest BCUT2D eigenvalue weighted by Crippen LogP contribution is -2.49. The van der Waals surface area contributed by atoms with Crippen molar-refractivity contribution in [3.63, 3.8) is 0 Å². The second kappa shape index (κ2) is 6.95. The predicted octanol–water partition coefficient (Wildman–Crippen LogP) is -0.155. The van der Waals surface area contributed by atoms with Gasteiger partial charge in [-0.2, -0.15) is 4.31 Å². The van der Waals surface area contributed by atoms with Crippen LogP contribution in [0.4, 0.5) is 0 Å². The maximum absolute atomic E-state index is 12.7. The zero-order chi connectivity index (χ0) is 18.0. The third-order valence-electron chi connectivity index (χ3n) is 4.13. The number of sulfonamides is 1. The summed E-state index contributed by atoms with van der Waals surface area (Å²) in [4.78, 5) is 25.2. The largest absolute Gasteiger partial charge is 0.423 e. The van der Waals surface area contributed by atoms with Gasteiger partial charge < -0.3 is 14.6 Å². The molecule has 8 nitrogen and oxygen atoms in total. The van der Waals surface area contributed by atoms with E-state index in [-0.39, 0.29) is 17.3 Å². The minimum Gasteiger partial charge on any atom is -0.423 e. The van der Waals surface area contributed by atoms with E-state index in [9.17, 15) is 18.0 Å². The molecule has 3 rings (SSSR count). The molecule has 1 aromatic heterocycles. The van der Waals surface area contributed by atoms with E-state index in [2.05, 4.69) is 5.32 Å². The van der Waals surface area contributed by atoms with Crippen LogP contribution in [0.1, 0.15) is 0 Å². The molecule has 9 heteroatoms. The SMILES string of the molecule is CN(CC(=O)N1CCNCC1)S(=O)(=O)c1ccc2oc(=O)ccc2c1. The van der Waals surface area contributed by atoms with Crippen molar-refractivity contribution < 1.29 is 17.6 Å². The molecule has 0 unspecified atom stereocenters. The van der Waals surface area contributed by atoms with Gasteiger partial charge in [0, 0.05) is 44.7 Å². The zero-order valence-corrected chi connectivity index (χ0v) is 14.6. The summed E-state index contributed by atoms with van der Waals surface area (Å²) in [5.41, 5.74) is -0.187. The predicted molar refractivity (Wildman–Crippen MR) is 91.7 cm³/mol. The van der Waals surface area contributed by atoms with Gasteiger partial charge in [-0.3, -0.25) is 4.79 Å². The molecule has 2 heterocycles. The summed E-state index contributed by atoms with van der Waals surface area (Å²) in [5.74, 6) is -0.223. The van der Waals surface area contributed by atoms with Gasteiger partial charge in [0.2, 0.25) is 15.9 Å². The first-order valence-corrected chi connectivity index (χ1v) is 9.31. The number of nitrogens with zero attached hydrogens (tertiary/aromatic N) is 2. The van der Waals surface area contributed by atoms with Gasteiger partial charge in [0.1, 0.15) is 5.58 Å². The standard InChI is InChI=1S/C16H19N3O5S/c1-18(11-15(20)19-8-6-17-7-9-19)25(22,23)13-3-4-14-12(10-13)2-5-16(21)24-14/h2-5,10,17H,6-9,11H2,1H3. The summed E-state index contributed by atoms with van der Waals surface area (Å²) in [6.45, 7) is 2.34. The number of carbonyl (C=O) groups is 1. The fourth-order valence-corrected chi connectivity index (χ4v) is 3.84. The summed E-state index contributed by atoms with van der Waals surface area (Å²) in [6, 6.07) is 6.98. The molecule has 0 radical (unpaired) electrons. The van der Waals surface area contributed by atoms with Crippen LogP contribution in [-0.2, 0) is 14.8 Å². The summed E-state index contributed by atoms with van der Waals surface area (Å²) < 4.78 is 31.5. The second-order valence-electron chi connectivity index (χ2n) is 5.85. The van der Waals surface area contributed by atoms with E-state index in [1.54, 1.807) is 4.90 Å². The molecule has 1 saturated heterocycles. The van der Waals surface area contributed by atoms with Crippen LogP contribution in [-0.4, -0.2) is 63.3 Å². The van der Waals surface area contributed by atoms with Crippen LogP contribution in [0.25, 0.3) is 11.0 Å². The van der Waals surface area contributed by atoms with Gasteiger partial charge in [-0.05, 0) is 24.3 Å². The smallest absolute Gasteiger partial charge is 0.336 e. The number of hydrogen-bond acceptors (Lipinski definition) is 6. The number of hydrogen-bond donors (Lipinski definition) is 1. The molecule has 25 heavy (non-hydrogen) atoms. The number of benzene rings is 1. The Labute approximate surface area is 145 Å². The number of fused-ring (bicyclic) bond motifs is 1. The molecule has 1 amide bonds. The summed E-state index contributed by atoms with van der Waals surface area (Å²) in [6.07, 6.45) is 0. The molecule has 0 spiro atoms. The highest BCUT2D eigenvalue weighted by Gasteiger charge is 2.26. The van der Waals surface area contributed by atoms with Crippen molar-refractivity contribution in [1.82, 2.24) is 14.5 Å². The molecule has 1 aliphatic heterocycles. The Morgan fingerprint density at radius 1 is 1.24 bits per heavy atom. The minimum absolute atomic E-state index is 0.0458. The molecule has 1 fully saturated rings. The fraction of sp³-hybridized carbons (Fsp3) is 0.375. The van der Waals surface area contributed by atoms with Gasteiger partial charge in [0.25, 0.3) is 0 Å². The molecule has 2 aromatic rings. The van der Waals surface area contributed by atoms with Crippen molar-refractivity contribution in [2.45, 2.75) is 4.90 Å². The Morgan fingerprint density at radius 2 is 1.96 bits per heavy atom. The number of piperazine rings is 1. The van der Waals surface area contributed by atoms with Crippen molar-refractivity contribution >= 4 is 26.9 Å². The maximum Gasteiger partial charge on any atom is 0.336 e. The molecular formula is C16H19N3O5S. The van der Waals surface area contributed by atoms with E-state index in [0.717, 1.165) is 4.31 Å². The molecule has 0 aliphatic carbocycles. The highest BCUT2D eigenvalue weighted by molar-refractivity contribution is 7.89. The van der Waals surface area contributed by atoms with Crippen molar-refractivity contribution in [3.8, 4) is 0 Å². The van der Waals surface area contributed by atoms with E-state index in [1.807, 2.05) is 0 Å². The van der Waals surface area contributed by atoms with Crippen molar-refractivity contribution in [1.29, 1.82) is 0 Å². The van der Waals surface area contributed by atoms with E-state index in [1.165, 1.54) is 37.4 Å². The summed E-state index contributed by atoms with van der Waals surface area (Å²) in [7, 11) is -2.44. The van der Waals surface area contributed by atoms with Crippen LogP contribution >= 0.6 is 0 Å². The maximum atomic E-state index is 12.7. The van der Waals surface area contributed by atoms with Gasteiger partial charge in [-0.25, -0.2) is 13.2 Å². The quantitative estimate of drug-likeness (QED) is 0.756. The monoisotopic (exact) mass is 365 g/mol. The number of rotatable bonds is 4. The number of nitrogens with one attached hydrogen (secondary N) is 1. The Balaban J connectivity index is 1.81. The van der Waals surface area contributed by atoms with Gasteiger partial charge >= 0.3 is 5.63 Å². The van der Waals surface area contributed by atoms with Crippen molar-refractivity contribution in [2.24, 2.45) is 0 Å². The first-order chi connectivity index (χ1) is 11.9. The molecular weight excluding hydrogens is 346 g/mol. The summed E-state index contributed by atoms with van der Waals surface area (Å²) >= 11 is 0. The molecule has 134 valence electrons. The number of likely N-dealkylation sites (N-methyl/N-ethyl adjacent to an activating group) is 1. The third-order valence-corrected chi connectivity index (χ3v) is 5.93. The molecule has 1 aliphatic rings. The lowest BCUT2D eigenvalue weighted by atomic mass is 10.2. The zero-order valence-electron chi connectivity index (χ0n) is 13.8. The van der Waals surface area contributed by atoms with Gasteiger partial charge in [-0.15, -0.1) is 0 Å². The Hall–Kier alpha value is -2.23. The van der Waals surface area contributed by atoms with Crippen LogP contribution in [0.15, 0.2) is 44.4 Å². The minimum atomic E-state index is -3.82. The van der Waals surface area contributed by atoms with Crippen LogP contribution in [0.2, 0.25) is 0 Å². The van der Waals surface area contributed by atoms with Gasteiger partial charge in [-0.1, -0.05) is 0 Å². The fourth-order valence-electron chi connectivity index (χ4n) is 2.68. The molecule has 1 aromatic carbocycles. The first-order valence-electron chi connectivity index (χ1n) is 7.87. The van der Waals surface area contributed by atoms with E-state index >= 15 is 0 Å². The second-order valence-corrected chi connectivity index (χ2v) is 7.89. The number of amides is 1. The molecule has 0 bridgehead atoms. The normalized spacial score (nSPS) is 15.7. The summed E-state index contributed by atoms with van der Waals surface area (Å²) in [5, 5.41) is 3.65. The van der Waals surface area contributed by atoms with Crippen molar-refractivity contribution in [3.05, 3.63) is 40.8 Å². The Bertz CT molecular complexity index is 948. The lowest BCUT2D eigenvalue weighted by molar-refractivity contribution is -0.131. The topological polar surface area (TPSA) is 99.9 Å². The average molecular weight is 365 g/mol. The molecule has 0 atom stereocenters. The molecule has 0 saturated carbocycles.